The number of hydrogen-bond donors (Lipinski definition) is 1. The zero-order chi connectivity index (χ0) is 13.9. The van der Waals surface area contributed by atoms with Crippen molar-refractivity contribution in [2.45, 2.75) is 38.5 Å². The van der Waals surface area contributed by atoms with E-state index in [4.69, 9.17) is 15.1 Å². The molecule has 0 unspecified atom stereocenters. The summed E-state index contributed by atoms with van der Waals surface area (Å²) in [7, 11) is 0. The topological polar surface area (TPSA) is 70.3 Å². The van der Waals surface area contributed by atoms with Crippen LogP contribution in [0.15, 0.2) is 24.3 Å². The molecule has 0 aliphatic rings. The standard InChI is InChI=1S/C15H19NO3/c16-11-3-1-2-4-12-19-14-8-5-13(6-9-14)7-10-15(17)18/h5-6,8-9H,1-4,7,10,12H2,(H,17,18). The van der Waals surface area contributed by atoms with Gasteiger partial charge in [0, 0.05) is 12.8 Å². The van der Waals surface area contributed by atoms with Gasteiger partial charge in [-0.1, -0.05) is 12.1 Å². The summed E-state index contributed by atoms with van der Waals surface area (Å²) >= 11 is 0. The van der Waals surface area contributed by atoms with Gasteiger partial charge in [-0.25, -0.2) is 0 Å². The van der Waals surface area contributed by atoms with Crippen LogP contribution in [0.3, 0.4) is 0 Å². The molecule has 0 fully saturated rings. The summed E-state index contributed by atoms with van der Waals surface area (Å²) in [6, 6.07) is 9.65. The van der Waals surface area contributed by atoms with E-state index in [1.165, 1.54) is 0 Å². The fraction of sp³-hybridized carbons (Fsp3) is 0.467. The molecule has 0 aliphatic carbocycles. The van der Waals surface area contributed by atoms with Crippen LogP contribution in [0.4, 0.5) is 0 Å². The van der Waals surface area contributed by atoms with Crippen molar-refractivity contribution in [3.8, 4) is 11.8 Å². The van der Waals surface area contributed by atoms with Crippen LogP contribution in [0, 0.1) is 11.3 Å². The molecular formula is C15H19NO3. The van der Waals surface area contributed by atoms with E-state index in [0.717, 1.165) is 30.6 Å². The predicted molar refractivity (Wildman–Crippen MR) is 72.0 cm³/mol. The van der Waals surface area contributed by atoms with Crippen LogP contribution in [-0.4, -0.2) is 17.7 Å². The van der Waals surface area contributed by atoms with Crippen LogP contribution in [-0.2, 0) is 11.2 Å². The van der Waals surface area contributed by atoms with Crippen LogP contribution >= 0.6 is 0 Å². The third-order valence-electron chi connectivity index (χ3n) is 2.75. The summed E-state index contributed by atoms with van der Waals surface area (Å²) in [5, 5.41) is 17.0. The second-order valence-electron chi connectivity index (χ2n) is 4.35. The average molecular weight is 261 g/mol. The molecule has 4 heteroatoms. The van der Waals surface area contributed by atoms with Crippen LogP contribution in [0.5, 0.6) is 5.75 Å². The highest BCUT2D eigenvalue weighted by Gasteiger charge is 2.00. The van der Waals surface area contributed by atoms with Crippen molar-refractivity contribution in [2.75, 3.05) is 6.61 Å². The molecule has 0 atom stereocenters. The number of aliphatic carboxylic acids is 1. The quantitative estimate of drug-likeness (QED) is 0.693. The van der Waals surface area contributed by atoms with Gasteiger partial charge in [0.15, 0.2) is 0 Å². The Morgan fingerprint density at radius 3 is 2.58 bits per heavy atom. The Morgan fingerprint density at radius 2 is 1.95 bits per heavy atom. The number of carboxylic acid groups (broad SMARTS) is 1. The molecule has 102 valence electrons. The van der Waals surface area contributed by atoms with Crippen LogP contribution in [0.2, 0.25) is 0 Å². The van der Waals surface area contributed by atoms with Crippen LogP contribution < -0.4 is 4.74 Å². The molecule has 0 amide bonds. The molecule has 0 saturated carbocycles. The maximum atomic E-state index is 10.4. The van der Waals surface area contributed by atoms with Crippen molar-refractivity contribution >= 4 is 5.97 Å². The van der Waals surface area contributed by atoms with E-state index in [1.54, 1.807) is 0 Å². The monoisotopic (exact) mass is 261 g/mol. The van der Waals surface area contributed by atoms with Gasteiger partial charge in [-0.05, 0) is 43.4 Å². The lowest BCUT2D eigenvalue weighted by Crippen LogP contribution is -1.99. The lowest BCUT2D eigenvalue weighted by molar-refractivity contribution is -0.136. The number of aryl methyl sites for hydroxylation is 1. The minimum absolute atomic E-state index is 0.152. The molecule has 0 saturated heterocycles. The van der Waals surface area contributed by atoms with Gasteiger partial charge >= 0.3 is 5.97 Å². The van der Waals surface area contributed by atoms with Crippen molar-refractivity contribution in [1.82, 2.24) is 0 Å². The maximum absolute atomic E-state index is 10.4. The lowest BCUT2D eigenvalue weighted by atomic mass is 10.1. The number of nitriles is 1. The summed E-state index contributed by atoms with van der Waals surface area (Å²) in [6.07, 6.45) is 4.18. The first-order chi connectivity index (χ1) is 9.22. The second-order valence-corrected chi connectivity index (χ2v) is 4.35. The van der Waals surface area contributed by atoms with E-state index >= 15 is 0 Å². The first-order valence-electron chi connectivity index (χ1n) is 6.53. The average Bonchev–Trinajstić information content (AvgIpc) is 2.41. The highest BCUT2D eigenvalue weighted by molar-refractivity contribution is 5.67. The van der Waals surface area contributed by atoms with E-state index in [1.807, 2.05) is 24.3 Å². The molecule has 19 heavy (non-hydrogen) atoms. The fourth-order valence-electron chi connectivity index (χ4n) is 1.68. The third-order valence-corrected chi connectivity index (χ3v) is 2.75. The Hall–Kier alpha value is -2.02. The SMILES string of the molecule is N#CCCCCCOc1ccc(CCC(=O)O)cc1. The summed E-state index contributed by atoms with van der Waals surface area (Å²) in [4.78, 5) is 10.4. The molecule has 1 aromatic rings. The van der Waals surface area contributed by atoms with Gasteiger partial charge < -0.3 is 9.84 Å². The molecule has 0 bridgehead atoms. The first kappa shape index (κ1) is 15.0. The Kier molecular flexibility index (Phi) is 7.11. The van der Waals surface area contributed by atoms with Crippen LogP contribution in [0.1, 0.15) is 37.7 Å². The van der Waals surface area contributed by atoms with Crippen molar-refractivity contribution in [2.24, 2.45) is 0 Å². The van der Waals surface area contributed by atoms with E-state index in [-0.39, 0.29) is 6.42 Å². The predicted octanol–water partition coefficient (Wildman–Crippen LogP) is 3.17. The van der Waals surface area contributed by atoms with Gasteiger partial charge in [0.2, 0.25) is 0 Å². The number of nitrogens with zero attached hydrogens (tertiary/aromatic N) is 1. The fourth-order valence-corrected chi connectivity index (χ4v) is 1.68. The molecule has 0 spiro atoms. The van der Waals surface area contributed by atoms with Gasteiger partial charge in [-0.15, -0.1) is 0 Å². The zero-order valence-electron chi connectivity index (χ0n) is 11.0. The highest BCUT2D eigenvalue weighted by atomic mass is 16.5. The molecule has 1 rings (SSSR count). The van der Waals surface area contributed by atoms with Gasteiger partial charge in [-0.3, -0.25) is 4.79 Å². The Labute approximate surface area is 113 Å². The number of carbonyl (C=O) groups is 1. The molecule has 0 aromatic heterocycles. The van der Waals surface area contributed by atoms with E-state index in [2.05, 4.69) is 6.07 Å². The van der Waals surface area contributed by atoms with Crippen molar-refractivity contribution in [1.29, 1.82) is 5.26 Å². The normalized spacial score (nSPS) is 9.84. The minimum Gasteiger partial charge on any atom is -0.494 e. The molecule has 0 aliphatic heterocycles. The molecule has 0 radical (unpaired) electrons. The smallest absolute Gasteiger partial charge is 0.303 e. The number of unbranched alkanes of at least 4 members (excludes halogenated alkanes) is 3. The molecule has 1 aromatic carbocycles. The van der Waals surface area contributed by atoms with Gasteiger partial charge in [0.05, 0.1) is 12.7 Å². The number of carboxylic acids is 1. The van der Waals surface area contributed by atoms with Gasteiger partial charge in [0.1, 0.15) is 5.75 Å². The summed E-state index contributed by atoms with van der Waals surface area (Å²) in [6.45, 7) is 0.653. The van der Waals surface area contributed by atoms with Crippen LogP contribution in [0.25, 0.3) is 0 Å². The Balaban J connectivity index is 2.21. The maximum Gasteiger partial charge on any atom is 0.303 e. The molecule has 4 nitrogen and oxygen atoms in total. The van der Waals surface area contributed by atoms with E-state index < -0.39 is 5.97 Å². The third kappa shape index (κ3) is 7.10. The lowest BCUT2D eigenvalue weighted by Gasteiger charge is -2.06. The highest BCUT2D eigenvalue weighted by Crippen LogP contribution is 2.14. The van der Waals surface area contributed by atoms with Gasteiger partial charge in [0.25, 0.3) is 0 Å². The van der Waals surface area contributed by atoms with Crippen molar-refractivity contribution < 1.29 is 14.6 Å². The van der Waals surface area contributed by atoms with Gasteiger partial charge in [-0.2, -0.15) is 5.26 Å². The summed E-state index contributed by atoms with van der Waals surface area (Å²) in [5.41, 5.74) is 1.00. The second kappa shape index (κ2) is 8.98. The molecule has 1 N–H and O–H groups in total. The molecular weight excluding hydrogens is 242 g/mol. The van der Waals surface area contributed by atoms with Crippen molar-refractivity contribution in [3.05, 3.63) is 29.8 Å². The van der Waals surface area contributed by atoms with E-state index in [0.29, 0.717) is 19.4 Å². The molecule has 0 heterocycles. The zero-order valence-corrected chi connectivity index (χ0v) is 11.0. The summed E-state index contributed by atoms with van der Waals surface area (Å²) < 4.78 is 5.57. The first-order valence-corrected chi connectivity index (χ1v) is 6.53. The Morgan fingerprint density at radius 1 is 1.21 bits per heavy atom. The number of benzene rings is 1. The van der Waals surface area contributed by atoms with E-state index in [9.17, 15) is 4.79 Å². The number of ether oxygens (including phenoxy) is 1. The summed E-state index contributed by atoms with van der Waals surface area (Å²) in [5.74, 6) is 0.0250. The largest absolute Gasteiger partial charge is 0.494 e. The van der Waals surface area contributed by atoms with Crippen molar-refractivity contribution in [3.63, 3.8) is 0 Å². The number of hydrogen-bond acceptors (Lipinski definition) is 3. The minimum atomic E-state index is -0.780. The Bertz CT molecular complexity index is 420. The number of rotatable bonds is 9.